The Labute approximate surface area is 180 Å². The van der Waals surface area contributed by atoms with Gasteiger partial charge in [0.05, 0.1) is 11.4 Å². The molecule has 1 fully saturated rings. The van der Waals surface area contributed by atoms with Crippen LogP contribution >= 0.6 is 24.0 Å². The van der Waals surface area contributed by atoms with Crippen molar-refractivity contribution in [3.63, 3.8) is 0 Å². The lowest BCUT2D eigenvalue weighted by atomic mass is 10.2. The van der Waals surface area contributed by atoms with Gasteiger partial charge in [0.2, 0.25) is 10.0 Å². The van der Waals surface area contributed by atoms with Crippen LogP contribution in [0.4, 0.5) is 0 Å². The van der Waals surface area contributed by atoms with Crippen molar-refractivity contribution in [3.05, 3.63) is 30.3 Å². The Morgan fingerprint density at radius 1 is 1.19 bits per heavy atom. The summed E-state index contributed by atoms with van der Waals surface area (Å²) in [7, 11) is -3.46. The first-order valence-corrected chi connectivity index (χ1v) is 10.9. The van der Waals surface area contributed by atoms with Gasteiger partial charge < -0.3 is 10.6 Å². The van der Waals surface area contributed by atoms with Gasteiger partial charge in [-0.05, 0) is 45.0 Å². The molecule has 0 amide bonds. The number of rotatable bonds is 9. The summed E-state index contributed by atoms with van der Waals surface area (Å²) in [5.41, 5.74) is 0. The third kappa shape index (κ3) is 7.92. The molecule has 1 aromatic rings. The van der Waals surface area contributed by atoms with Crippen molar-refractivity contribution >= 4 is 40.0 Å². The van der Waals surface area contributed by atoms with E-state index in [4.69, 9.17) is 0 Å². The minimum atomic E-state index is -3.46. The number of nitrogens with one attached hydrogen (secondary N) is 3. The predicted octanol–water partition coefficient (Wildman–Crippen LogP) is 1.62. The van der Waals surface area contributed by atoms with Crippen molar-refractivity contribution in [3.8, 4) is 0 Å². The van der Waals surface area contributed by atoms with Crippen molar-refractivity contribution in [1.29, 1.82) is 0 Å². The molecule has 9 heteroatoms. The lowest BCUT2D eigenvalue weighted by molar-refractivity contribution is 0.273. The summed E-state index contributed by atoms with van der Waals surface area (Å²) in [6, 6.07) is 8.90. The minimum absolute atomic E-state index is 0. The van der Waals surface area contributed by atoms with Crippen molar-refractivity contribution in [1.82, 2.24) is 20.3 Å². The van der Waals surface area contributed by atoms with Crippen LogP contribution in [-0.2, 0) is 10.0 Å². The molecular formula is C18H32IN5O2S. The molecule has 1 aromatic carbocycles. The molecule has 27 heavy (non-hydrogen) atoms. The Bertz CT molecular complexity index is 670. The van der Waals surface area contributed by atoms with Gasteiger partial charge >= 0.3 is 0 Å². The molecule has 3 N–H and O–H groups in total. The fraction of sp³-hybridized carbons (Fsp3) is 0.611. The molecule has 0 aromatic heterocycles. The Kier molecular flexibility index (Phi) is 11.2. The number of guanidine groups is 1. The highest BCUT2D eigenvalue weighted by molar-refractivity contribution is 14.0. The molecule has 1 atom stereocenters. The van der Waals surface area contributed by atoms with E-state index in [0.717, 1.165) is 32.1 Å². The van der Waals surface area contributed by atoms with E-state index in [1.165, 1.54) is 12.8 Å². The Hall–Kier alpha value is -0.910. The van der Waals surface area contributed by atoms with Crippen molar-refractivity contribution in [2.24, 2.45) is 4.99 Å². The summed E-state index contributed by atoms with van der Waals surface area (Å²) in [4.78, 5) is 7.40. The highest BCUT2D eigenvalue weighted by atomic mass is 127. The van der Waals surface area contributed by atoms with Crippen LogP contribution in [0.5, 0.6) is 0 Å². The number of hydrogen-bond acceptors (Lipinski definition) is 4. The third-order valence-corrected chi connectivity index (χ3v) is 5.95. The highest BCUT2D eigenvalue weighted by Gasteiger charge is 2.22. The zero-order chi connectivity index (χ0) is 18.8. The van der Waals surface area contributed by atoms with Gasteiger partial charge in [-0.15, -0.1) is 24.0 Å². The van der Waals surface area contributed by atoms with Gasteiger partial charge in [0.25, 0.3) is 0 Å². The normalized spacial score (nSPS) is 18.1. The second kappa shape index (κ2) is 12.5. The monoisotopic (exact) mass is 509 g/mol. The summed E-state index contributed by atoms with van der Waals surface area (Å²) >= 11 is 0. The molecule has 154 valence electrons. The topological polar surface area (TPSA) is 85.8 Å². The molecule has 0 saturated carbocycles. The number of nitrogens with zero attached hydrogens (tertiary/aromatic N) is 2. The first-order chi connectivity index (χ1) is 12.6. The summed E-state index contributed by atoms with van der Waals surface area (Å²) in [5, 5.41) is 6.41. The number of benzene rings is 1. The van der Waals surface area contributed by atoms with Crippen LogP contribution in [0.15, 0.2) is 40.2 Å². The van der Waals surface area contributed by atoms with Crippen LogP contribution in [0.3, 0.4) is 0 Å². The molecule has 1 heterocycles. The summed E-state index contributed by atoms with van der Waals surface area (Å²) in [5.74, 6) is 0.731. The van der Waals surface area contributed by atoms with E-state index in [1.54, 1.807) is 30.3 Å². The second-order valence-electron chi connectivity index (χ2n) is 6.28. The summed E-state index contributed by atoms with van der Waals surface area (Å²) in [6.07, 6.45) is 2.42. The maximum atomic E-state index is 12.2. The van der Waals surface area contributed by atoms with Gasteiger partial charge in [0, 0.05) is 25.7 Å². The van der Waals surface area contributed by atoms with Crippen LogP contribution in [0, 0.1) is 0 Å². The molecule has 0 aliphatic carbocycles. The standard InChI is InChI=1S/C18H31N5O2S.HI/c1-3-19-18(21-15-16-9-8-14-23(16)4-2)20-12-13-22-26(24,25)17-10-6-5-7-11-17;/h5-7,10-11,16,22H,3-4,8-9,12-15H2,1-2H3,(H2,19,20,21);1H. The van der Waals surface area contributed by atoms with E-state index in [0.29, 0.717) is 19.1 Å². The lowest BCUT2D eigenvalue weighted by Crippen LogP contribution is -2.42. The number of hydrogen-bond donors (Lipinski definition) is 3. The van der Waals surface area contributed by atoms with Crippen molar-refractivity contribution < 1.29 is 8.42 Å². The first-order valence-electron chi connectivity index (χ1n) is 9.37. The fourth-order valence-corrected chi connectivity index (χ4v) is 4.16. The van der Waals surface area contributed by atoms with E-state index in [2.05, 4.69) is 32.2 Å². The van der Waals surface area contributed by atoms with E-state index in [9.17, 15) is 8.42 Å². The molecule has 1 aliphatic heterocycles. The predicted molar refractivity (Wildman–Crippen MR) is 121 cm³/mol. The van der Waals surface area contributed by atoms with E-state index in [1.807, 2.05) is 6.92 Å². The van der Waals surface area contributed by atoms with Gasteiger partial charge in [0.15, 0.2) is 5.96 Å². The molecule has 0 bridgehead atoms. The van der Waals surface area contributed by atoms with Crippen LogP contribution < -0.4 is 15.4 Å². The molecular weight excluding hydrogens is 477 g/mol. The Balaban J connectivity index is 0.00000364. The van der Waals surface area contributed by atoms with E-state index >= 15 is 0 Å². The molecule has 1 aliphatic rings. The smallest absolute Gasteiger partial charge is 0.240 e. The zero-order valence-corrected chi connectivity index (χ0v) is 19.3. The quantitative estimate of drug-likeness (QED) is 0.204. The van der Waals surface area contributed by atoms with Gasteiger partial charge in [-0.1, -0.05) is 25.1 Å². The number of likely N-dealkylation sites (tertiary alicyclic amines) is 1. The van der Waals surface area contributed by atoms with Crippen molar-refractivity contribution in [2.45, 2.75) is 37.6 Å². The SMILES string of the molecule is CCNC(=NCC1CCCN1CC)NCCNS(=O)(=O)c1ccccc1.I. The van der Waals surface area contributed by atoms with Gasteiger partial charge in [-0.3, -0.25) is 9.89 Å². The van der Waals surface area contributed by atoms with Crippen LogP contribution in [0.2, 0.25) is 0 Å². The molecule has 7 nitrogen and oxygen atoms in total. The Morgan fingerprint density at radius 3 is 2.59 bits per heavy atom. The van der Waals surface area contributed by atoms with E-state index < -0.39 is 10.0 Å². The summed E-state index contributed by atoms with van der Waals surface area (Å²) < 4.78 is 27.0. The van der Waals surface area contributed by atoms with Gasteiger partial charge in [-0.25, -0.2) is 13.1 Å². The maximum absolute atomic E-state index is 12.2. The van der Waals surface area contributed by atoms with E-state index in [-0.39, 0.29) is 28.9 Å². The molecule has 2 rings (SSSR count). The number of aliphatic imine (C=N–C) groups is 1. The van der Waals surface area contributed by atoms with Crippen molar-refractivity contribution in [2.75, 3.05) is 39.3 Å². The first kappa shape index (κ1) is 24.1. The molecule has 0 radical (unpaired) electrons. The fourth-order valence-electron chi connectivity index (χ4n) is 3.11. The Morgan fingerprint density at radius 2 is 1.93 bits per heavy atom. The zero-order valence-electron chi connectivity index (χ0n) is 16.1. The lowest BCUT2D eigenvalue weighted by Gasteiger charge is -2.21. The van der Waals surface area contributed by atoms with Crippen LogP contribution in [0.25, 0.3) is 0 Å². The molecule has 0 spiro atoms. The second-order valence-corrected chi connectivity index (χ2v) is 8.05. The van der Waals surface area contributed by atoms with Crippen LogP contribution in [-0.4, -0.2) is 64.6 Å². The number of halogens is 1. The number of likely N-dealkylation sites (N-methyl/N-ethyl adjacent to an activating group) is 1. The van der Waals surface area contributed by atoms with Gasteiger partial charge in [-0.2, -0.15) is 0 Å². The highest BCUT2D eigenvalue weighted by Crippen LogP contribution is 2.16. The average Bonchev–Trinajstić information content (AvgIpc) is 3.11. The number of sulfonamides is 1. The molecule has 1 unspecified atom stereocenters. The van der Waals surface area contributed by atoms with Crippen LogP contribution in [0.1, 0.15) is 26.7 Å². The summed E-state index contributed by atoms with van der Waals surface area (Å²) in [6.45, 7) is 8.72. The largest absolute Gasteiger partial charge is 0.357 e. The third-order valence-electron chi connectivity index (χ3n) is 4.47. The molecule has 1 saturated heterocycles. The van der Waals surface area contributed by atoms with Gasteiger partial charge in [0.1, 0.15) is 0 Å². The average molecular weight is 509 g/mol. The maximum Gasteiger partial charge on any atom is 0.240 e. The minimum Gasteiger partial charge on any atom is -0.357 e.